The van der Waals surface area contributed by atoms with Gasteiger partial charge in [-0.05, 0) is 53.6 Å². The van der Waals surface area contributed by atoms with E-state index < -0.39 is 5.91 Å². The van der Waals surface area contributed by atoms with Gasteiger partial charge in [0, 0.05) is 0 Å². The maximum Gasteiger partial charge on any atom is 0.275 e. The Hall–Kier alpha value is -3.14. The zero-order valence-corrected chi connectivity index (χ0v) is 16.7. The Balaban J connectivity index is 1.50. The van der Waals surface area contributed by atoms with E-state index in [0.717, 1.165) is 16.7 Å². The number of rotatable bonds is 4. The molecular weight excluding hydrogens is 360 g/mol. The van der Waals surface area contributed by atoms with Crippen molar-refractivity contribution in [1.82, 2.24) is 5.43 Å². The van der Waals surface area contributed by atoms with Gasteiger partial charge in [-0.25, -0.2) is 5.43 Å². The van der Waals surface area contributed by atoms with Crippen LogP contribution in [0.25, 0.3) is 10.8 Å². The summed E-state index contributed by atoms with van der Waals surface area (Å²) in [5, 5.41) is 16.1. The first-order valence-electron chi connectivity index (χ1n) is 10.3. The molecule has 0 unspecified atom stereocenters. The average Bonchev–Trinajstić information content (AvgIpc) is 2.78. The van der Waals surface area contributed by atoms with Crippen molar-refractivity contribution in [3.05, 3.63) is 77.4 Å². The maximum atomic E-state index is 12.7. The zero-order chi connectivity index (χ0) is 20.2. The molecule has 1 aliphatic rings. The lowest BCUT2D eigenvalue weighted by atomic mass is 9.84. The standard InChI is InChI=1S/C25H26N2O2/c1-17(18-11-13-20(14-12-18)19-7-3-2-4-8-19)26-27-25(29)24-22-10-6-5-9-21(22)15-16-23(24)28/h5-6,9-16,19,28H,2-4,7-8H2,1H3,(H,27,29). The number of carbonyl (C=O) groups is 1. The number of phenolic OH excluding ortho intramolecular Hbond substituents is 1. The van der Waals surface area contributed by atoms with Crippen LogP contribution >= 0.6 is 0 Å². The van der Waals surface area contributed by atoms with Crippen LogP contribution in [0.1, 0.15) is 66.4 Å². The number of amides is 1. The van der Waals surface area contributed by atoms with Crippen molar-refractivity contribution in [1.29, 1.82) is 0 Å². The first-order chi connectivity index (χ1) is 14.1. The molecule has 0 radical (unpaired) electrons. The maximum absolute atomic E-state index is 12.7. The number of nitrogens with zero attached hydrogens (tertiary/aromatic N) is 1. The number of nitrogens with one attached hydrogen (secondary N) is 1. The lowest BCUT2D eigenvalue weighted by Crippen LogP contribution is -2.20. The second kappa shape index (κ2) is 8.48. The predicted molar refractivity (Wildman–Crippen MR) is 118 cm³/mol. The molecule has 1 aliphatic carbocycles. The number of phenols is 1. The number of hydrogen-bond donors (Lipinski definition) is 2. The molecule has 4 rings (SSSR count). The zero-order valence-electron chi connectivity index (χ0n) is 16.7. The molecule has 2 N–H and O–H groups in total. The topological polar surface area (TPSA) is 61.7 Å². The van der Waals surface area contributed by atoms with Crippen molar-refractivity contribution in [2.75, 3.05) is 0 Å². The van der Waals surface area contributed by atoms with Crippen molar-refractivity contribution in [2.24, 2.45) is 5.10 Å². The number of benzene rings is 3. The average molecular weight is 386 g/mol. The first kappa shape index (κ1) is 19.2. The molecule has 148 valence electrons. The van der Waals surface area contributed by atoms with E-state index in [-0.39, 0.29) is 11.3 Å². The fourth-order valence-electron chi connectivity index (χ4n) is 4.19. The molecule has 1 saturated carbocycles. The second-order valence-corrected chi connectivity index (χ2v) is 7.78. The number of hydrazone groups is 1. The summed E-state index contributed by atoms with van der Waals surface area (Å²) in [5.41, 5.74) is 5.94. The van der Waals surface area contributed by atoms with Gasteiger partial charge in [0.2, 0.25) is 0 Å². The SMILES string of the molecule is CC(=NNC(=O)c1c(O)ccc2ccccc12)c1ccc(C2CCCCC2)cc1. The van der Waals surface area contributed by atoms with E-state index in [0.29, 0.717) is 11.3 Å². The number of fused-ring (bicyclic) bond motifs is 1. The highest BCUT2D eigenvalue weighted by Crippen LogP contribution is 2.32. The van der Waals surface area contributed by atoms with Gasteiger partial charge >= 0.3 is 0 Å². The summed E-state index contributed by atoms with van der Waals surface area (Å²) in [5.74, 6) is 0.201. The Bertz CT molecular complexity index is 1050. The van der Waals surface area contributed by atoms with Crippen LogP contribution in [0.2, 0.25) is 0 Å². The van der Waals surface area contributed by atoms with Gasteiger partial charge in [0.25, 0.3) is 5.91 Å². The minimum absolute atomic E-state index is 0.0501. The summed E-state index contributed by atoms with van der Waals surface area (Å²) < 4.78 is 0. The third-order valence-corrected chi connectivity index (χ3v) is 5.86. The van der Waals surface area contributed by atoms with Crippen LogP contribution in [-0.4, -0.2) is 16.7 Å². The lowest BCUT2D eigenvalue weighted by Gasteiger charge is -2.22. The fraction of sp³-hybridized carbons (Fsp3) is 0.280. The Labute approximate surface area is 171 Å². The molecule has 1 fully saturated rings. The fourth-order valence-corrected chi connectivity index (χ4v) is 4.19. The third kappa shape index (κ3) is 4.16. The summed E-state index contributed by atoms with van der Waals surface area (Å²) in [6, 6.07) is 19.3. The summed E-state index contributed by atoms with van der Waals surface area (Å²) >= 11 is 0. The van der Waals surface area contributed by atoms with Crippen LogP contribution in [0.5, 0.6) is 5.75 Å². The van der Waals surface area contributed by atoms with Crippen LogP contribution in [0.15, 0.2) is 65.8 Å². The van der Waals surface area contributed by atoms with E-state index >= 15 is 0 Å². The summed E-state index contributed by atoms with van der Waals surface area (Å²) in [6.45, 7) is 1.87. The van der Waals surface area contributed by atoms with Crippen molar-refractivity contribution in [3.8, 4) is 5.75 Å². The smallest absolute Gasteiger partial charge is 0.275 e. The van der Waals surface area contributed by atoms with Gasteiger partial charge in [-0.1, -0.05) is 73.9 Å². The minimum Gasteiger partial charge on any atom is -0.507 e. The Morgan fingerprint density at radius 1 is 0.966 bits per heavy atom. The summed E-state index contributed by atoms with van der Waals surface area (Å²) in [6.07, 6.45) is 6.54. The van der Waals surface area contributed by atoms with Gasteiger partial charge in [-0.2, -0.15) is 5.10 Å². The molecular formula is C25H26N2O2. The lowest BCUT2D eigenvalue weighted by molar-refractivity contribution is 0.0954. The molecule has 0 aromatic heterocycles. The molecule has 0 spiro atoms. The third-order valence-electron chi connectivity index (χ3n) is 5.86. The Kier molecular flexibility index (Phi) is 5.61. The van der Waals surface area contributed by atoms with E-state index in [9.17, 15) is 9.90 Å². The van der Waals surface area contributed by atoms with E-state index in [1.54, 1.807) is 6.07 Å². The molecule has 0 atom stereocenters. The molecule has 0 saturated heterocycles. The molecule has 1 amide bonds. The monoisotopic (exact) mass is 386 g/mol. The highest BCUT2D eigenvalue weighted by Gasteiger charge is 2.16. The van der Waals surface area contributed by atoms with Crippen molar-refractivity contribution in [2.45, 2.75) is 44.9 Å². The molecule has 4 heteroatoms. The molecule has 29 heavy (non-hydrogen) atoms. The summed E-state index contributed by atoms with van der Waals surface area (Å²) in [7, 11) is 0. The van der Waals surface area contributed by atoms with Crippen molar-refractivity contribution in [3.63, 3.8) is 0 Å². The minimum atomic E-state index is -0.419. The van der Waals surface area contributed by atoms with Gasteiger partial charge in [0.15, 0.2) is 0 Å². The quantitative estimate of drug-likeness (QED) is 0.443. The number of carbonyl (C=O) groups excluding carboxylic acids is 1. The molecule has 0 aliphatic heterocycles. The summed E-state index contributed by atoms with van der Waals surface area (Å²) in [4.78, 5) is 12.7. The van der Waals surface area contributed by atoms with Gasteiger partial charge in [-0.15, -0.1) is 0 Å². The number of aromatic hydroxyl groups is 1. The Morgan fingerprint density at radius 3 is 2.45 bits per heavy atom. The number of hydrogen-bond acceptors (Lipinski definition) is 3. The van der Waals surface area contributed by atoms with Crippen LogP contribution in [0, 0.1) is 0 Å². The van der Waals surface area contributed by atoms with E-state index in [1.807, 2.05) is 31.2 Å². The molecule has 3 aromatic carbocycles. The van der Waals surface area contributed by atoms with Crippen LogP contribution in [0.4, 0.5) is 0 Å². The molecule has 3 aromatic rings. The predicted octanol–water partition coefficient (Wildman–Crippen LogP) is 5.75. The molecule has 4 nitrogen and oxygen atoms in total. The van der Waals surface area contributed by atoms with E-state index in [2.05, 4.69) is 34.8 Å². The second-order valence-electron chi connectivity index (χ2n) is 7.78. The van der Waals surface area contributed by atoms with Gasteiger partial charge in [0.1, 0.15) is 5.75 Å². The highest BCUT2D eigenvalue weighted by molar-refractivity contribution is 6.10. The normalized spacial score (nSPS) is 15.4. The van der Waals surface area contributed by atoms with Gasteiger partial charge in [0.05, 0.1) is 11.3 Å². The van der Waals surface area contributed by atoms with Gasteiger partial charge < -0.3 is 5.11 Å². The van der Waals surface area contributed by atoms with Gasteiger partial charge in [-0.3, -0.25) is 4.79 Å². The first-order valence-corrected chi connectivity index (χ1v) is 10.3. The highest BCUT2D eigenvalue weighted by atomic mass is 16.3. The van der Waals surface area contributed by atoms with Crippen molar-refractivity contribution >= 4 is 22.4 Å². The largest absolute Gasteiger partial charge is 0.507 e. The Morgan fingerprint density at radius 2 is 1.69 bits per heavy atom. The van der Waals surface area contributed by atoms with Crippen LogP contribution in [-0.2, 0) is 0 Å². The van der Waals surface area contributed by atoms with E-state index in [4.69, 9.17) is 0 Å². The van der Waals surface area contributed by atoms with Crippen LogP contribution in [0.3, 0.4) is 0 Å². The van der Waals surface area contributed by atoms with Crippen molar-refractivity contribution < 1.29 is 9.90 Å². The molecule has 0 bridgehead atoms. The molecule has 0 heterocycles. The van der Waals surface area contributed by atoms with Crippen LogP contribution < -0.4 is 5.43 Å². The van der Waals surface area contributed by atoms with E-state index in [1.165, 1.54) is 43.7 Å².